The van der Waals surface area contributed by atoms with Gasteiger partial charge in [-0.2, -0.15) is 0 Å². The van der Waals surface area contributed by atoms with Gasteiger partial charge in [-0.1, -0.05) is 6.92 Å². The summed E-state index contributed by atoms with van der Waals surface area (Å²) < 4.78 is 6.95. The van der Waals surface area contributed by atoms with E-state index in [9.17, 15) is 15.0 Å². The van der Waals surface area contributed by atoms with Crippen LogP contribution in [0.5, 0.6) is 0 Å². The van der Waals surface area contributed by atoms with Crippen LogP contribution in [-0.4, -0.2) is 62.2 Å². The number of aliphatic hydroxyl groups excluding tert-OH is 3. The molecule has 0 saturated carbocycles. The first kappa shape index (κ1) is 15.9. The van der Waals surface area contributed by atoms with E-state index in [1.165, 1.54) is 6.33 Å². The zero-order valence-electron chi connectivity index (χ0n) is 11.8. The van der Waals surface area contributed by atoms with Crippen molar-refractivity contribution in [2.75, 3.05) is 13.2 Å². The smallest absolute Gasteiger partial charge is 0.219 e. The maximum absolute atomic E-state index is 11.1. The summed E-state index contributed by atoms with van der Waals surface area (Å²) in [5.41, 5.74) is 0.740. The standard InChI is InChI=1S/C13H21N3O5/c1-2-10(18)14-4-3-8-5-16(7-15-8)13-12(20)11(19)9(6-17)21-13/h5,7,9,11-13,17,19-20H,2-4,6H2,1H3,(H,14,18)/t9-,11-,12-,13?/m1/s1. The van der Waals surface area contributed by atoms with Crippen molar-refractivity contribution in [1.82, 2.24) is 14.9 Å². The molecular weight excluding hydrogens is 278 g/mol. The number of hydrogen-bond acceptors (Lipinski definition) is 6. The SMILES string of the molecule is CCC(=O)NCCc1cn(C2O[C@H](CO)[C@@H](O)[C@H]2O)cn1. The number of ether oxygens (including phenoxy) is 1. The van der Waals surface area contributed by atoms with Gasteiger partial charge in [-0.25, -0.2) is 4.98 Å². The molecule has 21 heavy (non-hydrogen) atoms. The number of hydrogen-bond donors (Lipinski definition) is 4. The summed E-state index contributed by atoms with van der Waals surface area (Å²) in [5.74, 6) is -0.0158. The maximum atomic E-state index is 11.1. The molecule has 2 heterocycles. The molecule has 118 valence electrons. The van der Waals surface area contributed by atoms with E-state index in [1.54, 1.807) is 17.7 Å². The molecule has 1 aromatic heterocycles. The van der Waals surface area contributed by atoms with Gasteiger partial charge >= 0.3 is 0 Å². The van der Waals surface area contributed by atoms with Crippen LogP contribution in [0.25, 0.3) is 0 Å². The molecule has 4 atom stereocenters. The molecule has 1 aliphatic heterocycles. The number of nitrogens with one attached hydrogen (secondary N) is 1. The second-order valence-corrected chi connectivity index (χ2v) is 4.99. The quantitative estimate of drug-likeness (QED) is 0.511. The highest BCUT2D eigenvalue weighted by Crippen LogP contribution is 2.29. The summed E-state index contributed by atoms with van der Waals surface area (Å²) in [5, 5.41) is 31.4. The van der Waals surface area contributed by atoms with Crippen LogP contribution in [0.4, 0.5) is 0 Å². The Morgan fingerprint density at radius 3 is 2.86 bits per heavy atom. The number of aromatic nitrogens is 2. The van der Waals surface area contributed by atoms with Crippen LogP contribution < -0.4 is 5.32 Å². The lowest BCUT2D eigenvalue weighted by Crippen LogP contribution is -2.33. The van der Waals surface area contributed by atoms with Crippen LogP contribution in [0.2, 0.25) is 0 Å². The van der Waals surface area contributed by atoms with Crippen LogP contribution in [0, 0.1) is 0 Å². The Hall–Kier alpha value is -1.48. The number of carbonyl (C=O) groups excluding carboxylic acids is 1. The Kier molecular flexibility index (Phi) is 5.29. The van der Waals surface area contributed by atoms with Gasteiger partial charge < -0.3 is 29.9 Å². The van der Waals surface area contributed by atoms with Crippen molar-refractivity contribution >= 4 is 5.91 Å². The second-order valence-electron chi connectivity index (χ2n) is 4.99. The van der Waals surface area contributed by atoms with Crippen molar-refractivity contribution in [2.45, 2.75) is 44.3 Å². The molecule has 4 N–H and O–H groups in total. The van der Waals surface area contributed by atoms with Crippen LogP contribution in [0.1, 0.15) is 25.3 Å². The number of imidazole rings is 1. The fourth-order valence-corrected chi connectivity index (χ4v) is 2.23. The number of amides is 1. The molecule has 1 amide bonds. The molecule has 0 radical (unpaired) electrons. The summed E-state index contributed by atoms with van der Waals surface area (Å²) in [7, 11) is 0. The van der Waals surface area contributed by atoms with E-state index in [1.807, 2.05) is 0 Å². The highest BCUT2D eigenvalue weighted by atomic mass is 16.6. The zero-order valence-corrected chi connectivity index (χ0v) is 11.8. The molecule has 1 fully saturated rings. The monoisotopic (exact) mass is 299 g/mol. The Bertz CT molecular complexity index is 478. The summed E-state index contributed by atoms with van der Waals surface area (Å²) in [4.78, 5) is 15.3. The lowest BCUT2D eigenvalue weighted by molar-refractivity contribution is -0.120. The van der Waals surface area contributed by atoms with E-state index in [2.05, 4.69) is 10.3 Å². The minimum absolute atomic E-state index is 0.0158. The predicted octanol–water partition coefficient (Wildman–Crippen LogP) is -1.44. The van der Waals surface area contributed by atoms with Gasteiger partial charge in [0.1, 0.15) is 18.3 Å². The van der Waals surface area contributed by atoms with Crippen LogP contribution >= 0.6 is 0 Å². The zero-order chi connectivity index (χ0) is 15.4. The number of aliphatic hydroxyl groups is 3. The van der Waals surface area contributed by atoms with E-state index >= 15 is 0 Å². The minimum atomic E-state index is -1.13. The number of nitrogens with zero attached hydrogens (tertiary/aromatic N) is 2. The van der Waals surface area contributed by atoms with Crippen LogP contribution in [0.3, 0.4) is 0 Å². The highest BCUT2D eigenvalue weighted by Gasteiger charge is 2.43. The molecule has 8 nitrogen and oxygen atoms in total. The first-order valence-electron chi connectivity index (χ1n) is 6.98. The highest BCUT2D eigenvalue weighted by molar-refractivity contribution is 5.75. The van der Waals surface area contributed by atoms with E-state index < -0.39 is 24.5 Å². The van der Waals surface area contributed by atoms with Crippen molar-refractivity contribution < 1.29 is 24.9 Å². The molecular formula is C13H21N3O5. The van der Waals surface area contributed by atoms with Crippen molar-refractivity contribution in [3.8, 4) is 0 Å². The molecule has 0 aromatic carbocycles. The lowest BCUT2D eigenvalue weighted by Gasteiger charge is -2.15. The molecule has 0 bridgehead atoms. The van der Waals surface area contributed by atoms with Crippen molar-refractivity contribution in [3.63, 3.8) is 0 Å². The van der Waals surface area contributed by atoms with Gasteiger partial charge in [0.15, 0.2) is 6.23 Å². The molecule has 1 saturated heterocycles. The molecule has 0 spiro atoms. The molecule has 0 aliphatic carbocycles. The van der Waals surface area contributed by atoms with Gasteiger partial charge in [-0.3, -0.25) is 4.79 Å². The first-order chi connectivity index (χ1) is 10.1. The number of carbonyl (C=O) groups is 1. The van der Waals surface area contributed by atoms with Gasteiger partial charge in [0.2, 0.25) is 5.91 Å². The summed E-state index contributed by atoms with van der Waals surface area (Å²) in [6, 6.07) is 0. The average molecular weight is 299 g/mol. The van der Waals surface area contributed by atoms with Crippen molar-refractivity contribution in [3.05, 3.63) is 18.2 Å². The molecule has 1 aromatic rings. The van der Waals surface area contributed by atoms with E-state index in [0.717, 1.165) is 5.69 Å². The molecule has 1 unspecified atom stereocenters. The fourth-order valence-electron chi connectivity index (χ4n) is 2.23. The van der Waals surface area contributed by atoms with E-state index in [0.29, 0.717) is 19.4 Å². The molecule has 8 heteroatoms. The third-order valence-electron chi connectivity index (χ3n) is 3.49. The minimum Gasteiger partial charge on any atom is -0.394 e. The van der Waals surface area contributed by atoms with Gasteiger partial charge in [0.05, 0.1) is 18.6 Å². The van der Waals surface area contributed by atoms with Gasteiger partial charge in [0.25, 0.3) is 0 Å². The predicted molar refractivity (Wildman–Crippen MR) is 72.2 cm³/mol. The lowest BCUT2D eigenvalue weighted by atomic mass is 10.1. The molecule has 2 rings (SSSR count). The summed E-state index contributed by atoms with van der Waals surface area (Å²) in [6.45, 7) is 1.91. The van der Waals surface area contributed by atoms with Crippen molar-refractivity contribution in [2.24, 2.45) is 0 Å². The topological polar surface area (TPSA) is 117 Å². The second kappa shape index (κ2) is 6.99. The first-order valence-corrected chi connectivity index (χ1v) is 6.98. The van der Waals surface area contributed by atoms with E-state index in [4.69, 9.17) is 9.84 Å². The maximum Gasteiger partial charge on any atom is 0.219 e. The van der Waals surface area contributed by atoms with Gasteiger partial charge in [0, 0.05) is 25.6 Å². The van der Waals surface area contributed by atoms with Gasteiger partial charge in [-0.05, 0) is 0 Å². The average Bonchev–Trinajstić information content (AvgIpc) is 3.05. The Morgan fingerprint density at radius 1 is 1.48 bits per heavy atom. The summed E-state index contributed by atoms with van der Waals surface area (Å²) in [6.07, 6.45) is 0.363. The van der Waals surface area contributed by atoms with Gasteiger partial charge in [-0.15, -0.1) is 0 Å². The number of rotatable bonds is 6. The van der Waals surface area contributed by atoms with Crippen molar-refractivity contribution in [1.29, 1.82) is 0 Å². The van der Waals surface area contributed by atoms with Crippen LogP contribution in [0.15, 0.2) is 12.5 Å². The third kappa shape index (κ3) is 3.59. The third-order valence-corrected chi connectivity index (χ3v) is 3.49. The largest absolute Gasteiger partial charge is 0.394 e. The van der Waals surface area contributed by atoms with E-state index in [-0.39, 0.29) is 12.5 Å². The normalized spacial score (nSPS) is 28.8. The Balaban J connectivity index is 1.92. The fraction of sp³-hybridized carbons (Fsp3) is 0.692. The van der Waals surface area contributed by atoms with Crippen LogP contribution in [-0.2, 0) is 16.0 Å². The summed E-state index contributed by atoms with van der Waals surface area (Å²) >= 11 is 0. The Morgan fingerprint density at radius 2 is 2.24 bits per heavy atom. The molecule has 1 aliphatic rings. The Labute approximate surface area is 122 Å².